The highest BCUT2D eigenvalue weighted by molar-refractivity contribution is 9.10. The normalized spacial score (nSPS) is 13.8. The zero-order valence-electron chi connectivity index (χ0n) is 10.9. The van der Waals surface area contributed by atoms with Gasteiger partial charge in [0.05, 0.1) is 16.6 Å². The van der Waals surface area contributed by atoms with Crippen molar-refractivity contribution in [1.82, 2.24) is 4.98 Å². The summed E-state index contributed by atoms with van der Waals surface area (Å²) < 4.78 is 5.97. The average molecular weight is 422 g/mol. The van der Waals surface area contributed by atoms with Crippen LogP contribution < -0.4 is 9.64 Å². The Hall–Kier alpha value is -1.01. The molecule has 0 saturated carbocycles. The van der Waals surface area contributed by atoms with Gasteiger partial charge in [0.25, 0.3) is 5.91 Å². The summed E-state index contributed by atoms with van der Waals surface area (Å²) in [6.45, 7) is 0.100. The first-order chi connectivity index (χ1) is 10.5. The first-order valence-corrected chi connectivity index (χ1v) is 8.12. The summed E-state index contributed by atoms with van der Waals surface area (Å²) in [7, 11) is 0. The van der Waals surface area contributed by atoms with Gasteiger partial charge in [0.1, 0.15) is 4.60 Å². The molecule has 1 amide bonds. The Morgan fingerprint density at radius 1 is 1.18 bits per heavy atom. The molecular weight excluding hydrogens is 414 g/mol. The fourth-order valence-electron chi connectivity index (χ4n) is 2.09. The van der Waals surface area contributed by atoms with Crippen molar-refractivity contribution in [2.45, 2.75) is 6.54 Å². The molecule has 0 spiro atoms. The lowest BCUT2D eigenvalue weighted by molar-refractivity contribution is -0.121. The van der Waals surface area contributed by atoms with E-state index < -0.39 is 0 Å². The molecule has 0 saturated heterocycles. The molecule has 0 aliphatic carbocycles. The van der Waals surface area contributed by atoms with Crippen molar-refractivity contribution in [2.24, 2.45) is 0 Å². The second-order valence-electron chi connectivity index (χ2n) is 4.55. The van der Waals surface area contributed by atoms with E-state index in [0.717, 1.165) is 0 Å². The van der Waals surface area contributed by atoms with Gasteiger partial charge in [-0.25, -0.2) is 4.98 Å². The number of hydrogen-bond donors (Lipinski definition) is 0. The monoisotopic (exact) mass is 420 g/mol. The highest BCUT2D eigenvalue weighted by Crippen LogP contribution is 2.36. The number of aromatic nitrogens is 1. The lowest BCUT2D eigenvalue weighted by atomic mass is 10.2. The number of carbonyl (C=O) groups is 1. The first-order valence-electron chi connectivity index (χ1n) is 6.19. The molecule has 0 unspecified atom stereocenters. The van der Waals surface area contributed by atoms with Gasteiger partial charge >= 0.3 is 0 Å². The third-order valence-corrected chi connectivity index (χ3v) is 4.81. The molecule has 22 heavy (non-hydrogen) atoms. The minimum Gasteiger partial charge on any atom is -0.480 e. The van der Waals surface area contributed by atoms with Gasteiger partial charge in [-0.3, -0.25) is 9.69 Å². The van der Waals surface area contributed by atoms with Crippen LogP contribution in [0.2, 0.25) is 15.1 Å². The fraction of sp³-hybridized carbons (Fsp3) is 0.143. The molecule has 0 bridgehead atoms. The Bertz CT molecular complexity index is 770. The summed E-state index contributed by atoms with van der Waals surface area (Å²) in [6, 6.07) is 6.74. The number of hydrogen-bond acceptors (Lipinski definition) is 3. The number of benzene rings is 1. The van der Waals surface area contributed by atoms with Crippen LogP contribution in [0.5, 0.6) is 5.75 Å². The number of nitrogens with zero attached hydrogens (tertiary/aromatic N) is 2. The van der Waals surface area contributed by atoms with E-state index in [9.17, 15) is 4.79 Å². The Labute approximate surface area is 150 Å². The van der Waals surface area contributed by atoms with Crippen LogP contribution in [0.15, 0.2) is 28.9 Å². The summed E-state index contributed by atoms with van der Waals surface area (Å²) >= 11 is 21.7. The van der Waals surface area contributed by atoms with Gasteiger partial charge in [-0.05, 0) is 40.2 Å². The molecule has 8 heteroatoms. The van der Waals surface area contributed by atoms with E-state index in [4.69, 9.17) is 39.5 Å². The van der Waals surface area contributed by atoms with E-state index in [-0.39, 0.29) is 19.1 Å². The van der Waals surface area contributed by atoms with E-state index in [0.29, 0.717) is 36.8 Å². The molecule has 1 aliphatic rings. The first kappa shape index (κ1) is 15.9. The maximum Gasteiger partial charge on any atom is 0.266 e. The number of fused-ring (bicyclic) bond motifs is 1. The quantitative estimate of drug-likeness (QED) is 0.519. The SMILES string of the molecule is O=C1COc2ccc(Br)nc2N1Cc1c(Cl)ccc(Cl)c1Cl. The molecule has 2 aromatic rings. The van der Waals surface area contributed by atoms with Gasteiger partial charge in [-0.1, -0.05) is 34.8 Å². The molecule has 0 fully saturated rings. The molecule has 0 radical (unpaired) electrons. The largest absolute Gasteiger partial charge is 0.480 e. The van der Waals surface area contributed by atoms with Crippen molar-refractivity contribution in [3.05, 3.63) is 49.5 Å². The number of rotatable bonds is 2. The number of halogens is 4. The van der Waals surface area contributed by atoms with Crippen molar-refractivity contribution in [3.8, 4) is 5.75 Å². The van der Waals surface area contributed by atoms with Crippen molar-refractivity contribution in [3.63, 3.8) is 0 Å². The second kappa shape index (κ2) is 6.24. The number of ether oxygens (including phenoxy) is 1. The Morgan fingerprint density at radius 3 is 2.68 bits per heavy atom. The van der Waals surface area contributed by atoms with Crippen LogP contribution in [0.1, 0.15) is 5.56 Å². The Morgan fingerprint density at radius 2 is 1.91 bits per heavy atom. The second-order valence-corrected chi connectivity index (χ2v) is 6.55. The lowest BCUT2D eigenvalue weighted by Crippen LogP contribution is -2.39. The van der Waals surface area contributed by atoms with Gasteiger partial charge in [0.2, 0.25) is 0 Å². The predicted molar refractivity (Wildman–Crippen MR) is 90.1 cm³/mol. The van der Waals surface area contributed by atoms with Gasteiger partial charge in [-0.2, -0.15) is 0 Å². The van der Waals surface area contributed by atoms with Crippen LogP contribution in [0.25, 0.3) is 0 Å². The van der Waals surface area contributed by atoms with Crippen molar-refractivity contribution in [1.29, 1.82) is 0 Å². The van der Waals surface area contributed by atoms with Crippen LogP contribution in [0.3, 0.4) is 0 Å². The number of carbonyl (C=O) groups excluding carboxylic acids is 1. The smallest absolute Gasteiger partial charge is 0.266 e. The summed E-state index contributed by atoms with van der Waals surface area (Å²) in [5, 5.41) is 1.14. The molecule has 0 atom stereocenters. The minimum atomic E-state index is -0.231. The zero-order valence-corrected chi connectivity index (χ0v) is 14.8. The standard InChI is InChI=1S/C14H8BrCl3N2O2/c15-11-4-3-10-14(19-11)20(12(21)6-22-10)5-7-8(16)1-2-9(17)13(7)18/h1-4H,5-6H2. The summed E-state index contributed by atoms with van der Waals surface area (Å²) in [6.07, 6.45) is 0. The molecule has 1 aliphatic heterocycles. The van der Waals surface area contributed by atoms with Crippen molar-refractivity contribution < 1.29 is 9.53 Å². The maximum absolute atomic E-state index is 12.2. The van der Waals surface area contributed by atoms with E-state index in [2.05, 4.69) is 20.9 Å². The Kier molecular flexibility index (Phi) is 4.50. The van der Waals surface area contributed by atoms with Crippen LogP contribution in [-0.4, -0.2) is 17.5 Å². The molecular formula is C14H8BrCl3N2O2. The molecule has 2 heterocycles. The number of amides is 1. The van der Waals surface area contributed by atoms with Crippen molar-refractivity contribution >= 4 is 62.5 Å². The highest BCUT2D eigenvalue weighted by Gasteiger charge is 2.28. The zero-order chi connectivity index (χ0) is 15.9. The summed E-state index contributed by atoms with van der Waals surface area (Å²) in [4.78, 5) is 18.0. The number of pyridine rings is 1. The van der Waals surface area contributed by atoms with E-state index in [1.165, 1.54) is 4.90 Å². The van der Waals surface area contributed by atoms with E-state index in [1.807, 2.05) is 0 Å². The van der Waals surface area contributed by atoms with Crippen LogP contribution in [0, 0.1) is 0 Å². The van der Waals surface area contributed by atoms with Crippen LogP contribution >= 0.6 is 50.7 Å². The van der Waals surface area contributed by atoms with Crippen LogP contribution in [0.4, 0.5) is 5.82 Å². The molecule has 4 nitrogen and oxygen atoms in total. The topological polar surface area (TPSA) is 42.4 Å². The molecule has 114 valence electrons. The van der Waals surface area contributed by atoms with E-state index in [1.54, 1.807) is 24.3 Å². The van der Waals surface area contributed by atoms with Gasteiger partial charge in [0.15, 0.2) is 18.2 Å². The lowest BCUT2D eigenvalue weighted by Gasteiger charge is -2.29. The maximum atomic E-state index is 12.2. The van der Waals surface area contributed by atoms with Gasteiger partial charge in [-0.15, -0.1) is 0 Å². The fourth-order valence-corrected chi connectivity index (χ4v) is 3.06. The van der Waals surface area contributed by atoms with Gasteiger partial charge in [0, 0.05) is 10.6 Å². The molecule has 3 rings (SSSR count). The minimum absolute atomic E-state index is 0.0634. The number of anilines is 1. The van der Waals surface area contributed by atoms with E-state index >= 15 is 0 Å². The summed E-state index contributed by atoms with van der Waals surface area (Å²) in [5.41, 5.74) is 0.568. The summed E-state index contributed by atoms with van der Waals surface area (Å²) in [5.74, 6) is 0.708. The Balaban J connectivity index is 2.05. The van der Waals surface area contributed by atoms with Crippen LogP contribution in [-0.2, 0) is 11.3 Å². The molecule has 1 aromatic heterocycles. The highest BCUT2D eigenvalue weighted by atomic mass is 79.9. The third-order valence-electron chi connectivity index (χ3n) is 3.17. The molecule has 1 aromatic carbocycles. The molecule has 0 N–H and O–H groups in total. The van der Waals surface area contributed by atoms with Crippen molar-refractivity contribution in [2.75, 3.05) is 11.5 Å². The third kappa shape index (κ3) is 2.91. The average Bonchev–Trinajstić information content (AvgIpc) is 2.49. The predicted octanol–water partition coefficient (Wildman–Crippen LogP) is 4.73. The van der Waals surface area contributed by atoms with Gasteiger partial charge < -0.3 is 4.74 Å².